The highest BCUT2D eigenvalue weighted by Crippen LogP contribution is 2.22. The van der Waals surface area contributed by atoms with Crippen molar-refractivity contribution in [2.45, 2.75) is 58.7 Å². The maximum atomic E-state index is 5.22. The fourth-order valence-electron chi connectivity index (χ4n) is 2.63. The van der Waals surface area contributed by atoms with Gasteiger partial charge >= 0.3 is 0 Å². The maximum absolute atomic E-state index is 5.22. The number of anilines is 1. The molecule has 2 heterocycles. The van der Waals surface area contributed by atoms with E-state index in [2.05, 4.69) is 60.8 Å². The van der Waals surface area contributed by atoms with Gasteiger partial charge in [-0.05, 0) is 13.8 Å². The number of hydrogen-bond acceptors (Lipinski definition) is 6. The molecule has 6 nitrogen and oxygen atoms in total. The summed E-state index contributed by atoms with van der Waals surface area (Å²) < 4.78 is 5.22. The average Bonchev–Trinajstić information content (AvgIpc) is 2.75. The van der Waals surface area contributed by atoms with Crippen LogP contribution in [0.3, 0.4) is 0 Å². The van der Waals surface area contributed by atoms with Crippen LogP contribution in [0.5, 0.6) is 0 Å². The second-order valence-electron chi connectivity index (χ2n) is 7.16. The molecule has 0 saturated carbocycles. The zero-order valence-electron chi connectivity index (χ0n) is 14.5. The Balaban J connectivity index is 2.13. The highest BCUT2D eigenvalue weighted by Gasteiger charge is 2.29. The van der Waals surface area contributed by atoms with Crippen molar-refractivity contribution < 1.29 is 4.74 Å². The Labute approximate surface area is 133 Å². The summed E-state index contributed by atoms with van der Waals surface area (Å²) in [5.74, 6) is 2.23. The monoisotopic (exact) mass is 307 g/mol. The lowest BCUT2D eigenvalue weighted by atomic mass is 9.95. The van der Waals surface area contributed by atoms with E-state index in [0.717, 1.165) is 23.9 Å². The Morgan fingerprint density at radius 3 is 2.36 bits per heavy atom. The Bertz CT molecular complexity index is 490. The van der Waals surface area contributed by atoms with E-state index >= 15 is 0 Å². The van der Waals surface area contributed by atoms with E-state index in [1.807, 2.05) is 6.07 Å². The molecule has 0 spiro atoms. The molecule has 1 aliphatic heterocycles. The Hall–Kier alpha value is -1.24. The second-order valence-corrected chi connectivity index (χ2v) is 7.16. The molecule has 1 saturated heterocycles. The summed E-state index contributed by atoms with van der Waals surface area (Å²) >= 11 is 0. The van der Waals surface area contributed by atoms with E-state index in [1.54, 1.807) is 7.11 Å². The minimum atomic E-state index is -0.0861. The van der Waals surface area contributed by atoms with Crippen LogP contribution in [-0.4, -0.2) is 35.7 Å². The summed E-state index contributed by atoms with van der Waals surface area (Å²) in [6.07, 6.45) is 0. The highest BCUT2D eigenvalue weighted by atomic mass is 16.5. The van der Waals surface area contributed by atoms with E-state index in [9.17, 15) is 0 Å². The molecule has 22 heavy (non-hydrogen) atoms. The number of rotatable bonds is 5. The predicted octanol–water partition coefficient (Wildman–Crippen LogP) is 1.83. The summed E-state index contributed by atoms with van der Waals surface area (Å²) in [5.41, 5.74) is 7.39. The Morgan fingerprint density at radius 1 is 1.18 bits per heavy atom. The number of methoxy groups -OCH3 is 1. The molecule has 1 aliphatic rings. The van der Waals surface area contributed by atoms with Gasteiger partial charge in [0.1, 0.15) is 11.6 Å². The number of nitrogens with zero attached hydrogens (tertiary/aromatic N) is 2. The Kier molecular flexibility index (Phi) is 5.36. The van der Waals surface area contributed by atoms with Crippen molar-refractivity contribution in [3.8, 4) is 0 Å². The summed E-state index contributed by atoms with van der Waals surface area (Å²) in [6.45, 7) is 12.1. The molecular formula is C16H29N5O. The van der Waals surface area contributed by atoms with E-state index in [1.165, 1.54) is 0 Å². The maximum Gasteiger partial charge on any atom is 0.136 e. The largest absolute Gasteiger partial charge is 0.378 e. The third-order valence-corrected chi connectivity index (χ3v) is 4.08. The van der Waals surface area contributed by atoms with Crippen molar-refractivity contribution in [2.24, 2.45) is 5.92 Å². The molecule has 1 aromatic heterocycles. The second kappa shape index (κ2) is 6.89. The molecule has 0 aromatic carbocycles. The van der Waals surface area contributed by atoms with Crippen LogP contribution in [0.4, 0.5) is 5.82 Å². The molecule has 3 N–H and O–H groups in total. The quantitative estimate of drug-likeness (QED) is 0.771. The summed E-state index contributed by atoms with van der Waals surface area (Å²) in [5, 5.41) is 3.47. The molecule has 2 rings (SSSR count). The van der Waals surface area contributed by atoms with Gasteiger partial charge in [-0.1, -0.05) is 20.8 Å². The van der Waals surface area contributed by atoms with Gasteiger partial charge in [0.05, 0.1) is 12.3 Å². The lowest BCUT2D eigenvalue weighted by Crippen LogP contribution is -2.30. The minimum Gasteiger partial charge on any atom is -0.378 e. The molecule has 6 heteroatoms. The fourth-order valence-corrected chi connectivity index (χ4v) is 2.63. The first-order valence-electron chi connectivity index (χ1n) is 7.93. The van der Waals surface area contributed by atoms with Crippen LogP contribution in [-0.2, 0) is 16.8 Å². The molecule has 2 atom stereocenters. The molecule has 0 radical (unpaired) electrons. The van der Waals surface area contributed by atoms with Gasteiger partial charge in [0, 0.05) is 43.1 Å². The summed E-state index contributed by atoms with van der Waals surface area (Å²) in [6, 6.07) is 2.85. The molecule has 124 valence electrons. The van der Waals surface area contributed by atoms with Crippen molar-refractivity contribution >= 4 is 5.82 Å². The fraction of sp³-hybridized carbons (Fsp3) is 0.750. The van der Waals surface area contributed by atoms with Crippen LogP contribution in [0.25, 0.3) is 0 Å². The topological polar surface area (TPSA) is 71.1 Å². The lowest BCUT2D eigenvalue weighted by molar-refractivity contribution is 0.181. The van der Waals surface area contributed by atoms with Gasteiger partial charge in [-0.3, -0.25) is 10.9 Å². The number of hydrogen-bond donors (Lipinski definition) is 3. The van der Waals surface area contributed by atoms with Crippen LogP contribution < -0.4 is 16.2 Å². The van der Waals surface area contributed by atoms with Gasteiger partial charge in [-0.25, -0.2) is 9.97 Å². The average molecular weight is 307 g/mol. The van der Waals surface area contributed by atoms with Crippen molar-refractivity contribution in [3.63, 3.8) is 0 Å². The van der Waals surface area contributed by atoms with Crippen molar-refractivity contribution in [2.75, 3.05) is 19.0 Å². The molecular weight excluding hydrogens is 278 g/mol. The van der Waals surface area contributed by atoms with Crippen LogP contribution in [0.1, 0.15) is 46.1 Å². The smallest absolute Gasteiger partial charge is 0.136 e. The SMILES string of the molecule is COCc1cc(NCC2C(C)NNC2C)nc(C(C)(C)C)n1. The first-order chi connectivity index (χ1) is 10.3. The van der Waals surface area contributed by atoms with Crippen molar-refractivity contribution in [1.82, 2.24) is 20.8 Å². The number of hydrazine groups is 1. The van der Waals surface area contributed by atoms with Crippen LogP contribution >= 0.6 is 0 Å². The van der Waals surface area contributed by atoms with Crippen molar-refractivity contribution in [3.05, 3.63) is 17.6 Å². The van der Waals surface area contributed by atoms with Gasteiger partial charge in [0.2, 0.25) is 0 Å². The van der Waals surface area contributed by atoms with E-state index in [0.29, 0.717) is 24.6 Å². The molecule has 0 bridgehead atoms. The van der Waals surface area contributed by atoms with E-state index < -0.39 is 0 Å². The standard InChI is InChI=1S/C16H29N5O/c1-10-13(11(2)21-20-10)8-17-14-7-12(9-22-6)18-15(19-14)16(3,4)5/h7,10-11,13,20-21H,8-9H2,1-6H3,(H,17,18,19). The highest BCUT2D eigenvalue weighted by molar-refractivity contribution is 5.37. The van der Waals surface area contributed by atoms with E-state index in [4.69, 9.17) is 4.74 Å². The predicted molar refractivity (Wildman–Crippen MR) is 88.6 cm³/mol. The van der Waals surface area contributed by atoms with Crippen LogP contribution in [0.15, 0.2) is 6.07 Å². The van der Waals surface area contributed by atoms with Gasteiger partial charge in [0.15, 0.2) is 0 Å². The first-order valence-corrected chi connectivity index (χ1v) is 7.93. The molecule has 0 aliphatic carbocycles. The van der Waals surface area contributed by atoms with Gasteiger partial charge < -0.3 is 10.1 Å². The molecule has 1 fully saturated rings. The molecule has 2 unspecified atom stereocenters. The zero-order valence-corrected chi connectivity index (χ0v) is 14.5. The number of aromatic nitrogens is 2. The van der Waals surface area contributed by atoms with E-state index in [-0.39, 0.29) is 5.41 Å². The van der Waals surface area contributed by atoms with Crippen LogP contribution in [0.2, 0.25) is 0 Å². The number of ether oxygens (including phenoxy) is 1. The summed E-state index contributed by atoms with van der Waals surface area (Å²) in [7, 11) is 1.69. The third kappa shape index (κ3) is 4.15. The van der Waals surface area contributed by atoms with Crippen molar-refractivity contribution in [1.29, 1.82) is 0 Å². The van der Waals surface area contributed by atoms with Crippen LogP contribution in [0, 0.1) is 5.92 Å². The molecule has 1 aromatic rings. The minimum absolute atomic E-state index is 0.0861. The molecule has 0 amide bonds. The zero-order chi connectivity index (χ0) is 16.3. The Morgan fingerprint density at radius 2 is 1.82 bits per heavy atom. The summed E-state index contributed by atoms with van der Waals surface area (Å²) in [4.78, 5) is 9.28. The third-order valence-electron chi connectivity index (χ3n) is 4.08. The number of nitrogens with one attached hydrogen (secondary N) is 3. The van der Waals surface area contributed by atoms with Gasteiger partial charge in [-0.2, -0.15) is 0 Å². The normalized spacial score (nSPS) is 25.5. The van der Waals surface area contributed by atoms with Gasteiger partial charge in [-0.15, -0.1) is 0 Å². The lowest BCUT2D eigenvalue weighted by Gasteiger charge is -2.21. The first kappa shape index (κ1) is 17.1. The van der Waals surface area contributed by atoms with Gasteiger partial charge in [0.25, 0.3) is 0 Å².